The maximum absolute atomic E-state index is 3.61. The molecule has 1 aromatic carbocycles. The van der Waals surface area contributed by atoms with Crippen LogP contribution in [0.4, 0.5) is 0 Å². The molecule has 0 saturated heterocycles. The first-order valence-electron chi connectivity index (χ1n) is 5.24. The van der Waals surface area contributed by atoms with Crippen molar-refractivity contribution in [3.8, 4) is 0 Å². The van der Waals surface area contributed by atoms with Gasteiger partial charge >= 0.3 is 0 Å². The first-order valence-corrected chi connectivity index (χ1v) is 6.83. The summed E-state index contributed by atoms with van der Waals surface area (Å²) >= 11 is 7.18. The summed E-state index contributed by atoms with van der Waals surface area (Å²) in [6.07, 6.45) is 3.60. The van der Waals surface area contributed by atoms with Crippen molar-refractivity contribution in [2.45, 2.75) is 26.2 Å². The summed E-state index contributed by atoms with van der Waals surface area (Å²) in [6.45, 7) is 3.21. The second kappa shape index (κ2) is 6.66. The standard InChI is InChI=1S/C12H17Br2N/c1-9-7-12(14)10(8-11(9)13)5-3-4-6-15-2/h7-8,15H,3-6H2,1-2H3. The van der Waals surface area contributed by atoms with E-state index in [2.05, 4.69) is 56.2 Å². The molecule has 84 valence electrons. The predicted molar refractivity (Wildman–Crippen MR) is 73.4 cm³/mol. The van der Waals surface area contributed by atoms with Gasteiger partial charge in [0.2, 0.25) is 0 Å². The third-order valence-electron chi connectivity index (χ3n) is 2.45. The van der Waals surface area contributed by atoms with Gasteiger partial charge in [0.1, 0.15) is 0 Å². The first kappa shape index (κ1) is 13.2. The van der Waals surface area contributed by atoms with Crippen LogP contribution in [0.3, 0.4) is 0 Å². The lowest BCUT2D eigenvalue weighted by Gasteiger charge is -2.07. The second-order valence-corrected chi connectivity index (χ2v) is 5.46. The number of hydrogen-bond acceptors (Lipinski definition) is 1. The summed E-state index contributed by atoms with van der Waals surface area (Å²) < 4.78 is 2.43. The summed E-state index contributed by atoms with van der Waals surface area (Å²) in [5, 5.41) is 3.17. The van der Waals surface area contributed by atoms with E-state index in [0.717, 1.165) is 13.0 Å². The van der Waals surface area contributed by atoms with E-state index >= 15 is 0 Å². The van der Waals surface area contributed by atoms with Crippen molar-refractivity contribution in [1.82, 2.24) is 5.32 Å². The summed E-state index contributed by atoms with van der Waals surface area (Å²) in [6, 6.07) is 4.40. The van der Waals surface area contributed by atoms with Gasteiger partial charge in [0.25, 0.3) is 0 Å². The van der Waals surface area contributed by atoms with Gasteiger partial charge in [0, 0.05) is 8.95 Å². The van der Waals surface area contributed by atoms with Gasteiger partial charge < -0.3 is 5.32 Å². The highest BCUT2D eigenvalue weighted by Gasteiger charge is 2.03. The van der Waals surface area contributed by atoms with E-state index in [1.54, 1.807) is 0 Å². The summed E-state index contributed by atoms with van der Waals surface area (Å²) in [5.74, 6) is 0. The first-order chi connectivity index (χ1) is 7.15. The molecule has 0 bridgehead atoms. The molecular formula is C12H17Br2N. The van der Waals surface area contributed by atoms with Gasteiger partial charge in [0.05, 0.1) is 0 Å². The molecule has 0 aliphatic rings. The van der Waals surface area contributed by atoms with Crippen molar-refractivity contribution in [2.75, 3.05) is 13.6 Å². The van der Waals surface area contributed by atoms with Gasteiger partial charge in [-0.15, -0.1) is 0 Å². The largest absolute Gasteiger partial charge is 0.320 e. The minimum atomic E-state index is 1.10. The summed E-state index contributed by atoms with van der Waals surface area (Å²) in [7, 11) is 2.00. The maximum atomic E-state index is 3.61. The number of hydrogen-bond donors (Lipinski definition) is 1. The van der Waals surface area contributed by atoms with E-state index in [1.165, 1.54) is 32.9 Å². The van der Waals surface area contributed by atoms with E-state index in [-0.39, 0.29) is 0 Å². The van der Waals surface area contributed by atoms with Gasteiger partial charge in [0.15, 0.2) is 0 Å². The maximum Gasteiger partial charge on any atom is 0.0210 e. The van der Waals surface area contributed by atoms with Crippen LogP contribution in [0.25, 0.3) is 0 Å². The Labute approximate surface area is 109 Å². The van der Waals surface area contributed by atoms with E-state index in [4.69, 9.17) is 0 Å². The highest BCUT2D eigenvalue weighted by molar-refractivity contribution is 9.11. The number of benzene rings is 1. The van der Waals surface area contributed by atoms with Crippen LogP contribution in [0.15, 0.2) is 21.1 Å². The van der Waals surface area contributed by atoms with Crippen LogP contribution in [0.5, 0.6) is 0 Å². The number of halogens is 2. The Bertz CT molecular complexity index is 324. The molecule has 1 N–H and O–H groups in total. The van der Waals surface area contributed by atoms with Gasteiger partial charge in [-0.1, -0.05) is 31.9 Å². The molecule has 1 nitrogen and oxygen atoms in total. The molecule has 0 atom stereocenters. The number of unbranched alkanes of at least 4 members (excludes halogenated alkanes) is 1. The number of nitrogens with one attached hydrogen (secondary N) is 1. The van der Waals surface area contributed by atoms with Crippen molar-refractivity contribution in [3.63, 3.8) is 0 Å². The smallest absolute Gasteiger partial charge is 0.0210 e. The zero-order chi connectivity index (χ0) is 11.3. The van der Waals surface area contributed by atoms with Gasteiger partial charge in [-0.05, 0) is 63.0 Å². The zero-order valence-corrected chi connectivity index (χ0v) is 12.4. The van der Waals surface area contributed by atoms with Crippen molar-refractivity contribution in [2.24, 2.45) is 0 Å². The SMILES string of the molecule is CNCCCCc1cc(Br)c(C)cc1Br. The van der Waals surface area contributed by atoms with E-state index in [0.29, 0.717) is 0 Å². The van der Waals surface area contributed by atoms with Crippen LogP contribution in [-0.2, 0) is 6.42 Å². The van der Waals surface area contributed by atoms with Crippen LogP contribution >= 0.6 is 31.9 Å². The average molecular weight is 335 g/mol. The lowest BCUT2D eigenvalue weighted by atomic mass is 10.1. The van der Waals surface area contributed by atoms with E-state index in [1.807, 2.05) is 7.05 Å². The number of rotatable bonds is 5. The monoisotopic (exact) mass is 333 g/mol. The molecule has 3 heteroatoms. The van der Waals surface area contributed by atoms with Gasteiger partial charge in [-0.25, -0.2) is 0 Å². The molecule has 0 aliphatic carbocycles. The molecule has 0 heterocycles. The summed E-state index contributed by atoms with van der Waals surface area (Å²) in [4.78, 5) is 0. The van der Waals surface area contributed by atoms with Crippen LogP contribution < -0.4 is 5.32 Å². The average Bonchev–Trinajstić information content (AvgIpc) is 2.20. The molecule has 0 spiro atoms. The lowest BCUT2D eigenvalue weighted by Crippen LogP contribution is -2.07. The Hall–Kier alpha value is 0.140. The number of aryl methyl sites for hydroxylation is 2. The third kappa shape index (κ3) is 4.25. The molecule has 0 saturated carbocycles. The Balaban J connectivity index is 2.57. The minimum Gasteiger partial charge on any atom is -0.320 e. The van der Waals surface area contributed by atoms with Crippen molar-refractivity contribution in [1.29, 1.82) is 0 Å². The predicted octanol–water partition coefficient (Wildman–Crippen LogP) is 4.06. The van der Waals surface area contributed by atoms with Crippen LogP contribution in [0.1, 0.15) is 24.0 Å². The van der Waals surface area contributed by atoms with Gasteiger partial charge in [-0.2, -0.15) is 0 Å². The molecule has 0 radical (unpaired) electrons. The van der Waals surface area contributed by atoms with Crippen molar-refractivity contribution >= 4 is 31.9 Å². The Kier molecular flexibility index (Phi) is 5.87. The second-order valence-electron chi connectivity index (χ2n) is 3.75. The fraction of sp³-hybridized carbons (Fsp3) is 0.500. The molecule has 1 rings (SSSR count). The normalized spacial score (nSPS) is 10.7. The summed E-state index contributed by atoms with van der Waals surface area (Å²) in [5.41, 5.74) is 2.67. The van der Waals surface area contributed by atoms with E-state index in [9.17, 15) is 0 Å². The van der Waals surface area contributed by atoms with Gasteiger partial charge in [-0.3, -0.25) is 0 Å². The van der Waals surface area contributed by atoms with Crippen molar-refractivity contribution < 1.29 is 0 Å². The lowest BCUT2D eigenvalue weighted by molar-refractivity contribution is 0.676. The quantitative estimate of drug-likeness (QED) is 0.800. The Morgan fingerprint density at radius 1 is 1.13 bits per heavy atom. The Morgan fingerprint density at radius 2 is 1.87 bits per heavy atom. The fourth-order valence-corrected chi connectivity index (χ4v) is 2.54. The molecular weight excluding hydrogens is 318 g/mol. The van der Waals surface area contributed by atoms with Crippen molar-refractivity contribution in [3.05, 3.63) is 32.2 Å². The molecule has 0 aliphatic heterocycles. The highest BCUT2D eigenvalue weighted by atomic mass is 79.9. The van der Waals surface area contributed by atoms with Crippen LogP contribution in [-0.4, -0.2) is 13.6 Å². The van der Waals surface area contributed by atoms with E-state index < -0.39 is 0 Å². The molecule has 1 aromatic rings. The molecule has 0 amide bonds. The third-order valence-corrected chi connectivity index (χ3v) is 4.04. The topological polar surface area (TPSA) is 12.0 Å². The molecule has 0 fully saturated rings. The zero-order valence-electron chi connectivity index (χ0n) is 9.24. The van der Waals surface area contributed by atoms with Crippen LogP contribution in [0.2, 0.25) is 0 Å². The fourth-order valence-electron chi connectivity index (χ4n) is 1.50. The van der Waals surface area contributed by atoms with Crippen LogP contribution in [0, 0.1) is 6.92 Å². The Morgan fingerprint density at radius 3 is 2.53 bits per heavy atom. The molecule has 0 unspecified atom stereocenters. The molecule has 15 heavy (non-hydrogen) atoms. The highest BCUT2D eigenvalue weighted by Crippen LogP contribution is 2.26. The molecule has 0 aromatic heterocycles. The minimum absolute atomic E-state index is 1.10.